The summed E-state index contributed by atoms with van der Waals surface area (Å²) >= 11 is 0. The summed E-state index contributed by atoms with van der Waals surface area (Å²) in [6.07, 6.45) is 0. The van der Waals surface area contributed by atoms with Crippen molar-refractivity contribution < 1.29 is 9.47 Å². The van der Waals surface area contributed by atoms with Crippen LogP contribution in [0.2, 0.25) is 0 Å². The summed E-state index contributed by atoms with van der Waals surface area (Å²) in [5.41, 5.74) is 0. The molecule has 18 heavy (non-hydrogen) atoms. The molecule has 1 atom stereocenters. The van der Waals surface area contributed by atoms with Gasteiger partial charge in [0.1, 0.15) is 0 Å². The largest absolute Gasteiger partial charge is 0.467 e. The van der Waals surface area contributed by atoms with Gasteiger partial charge < -0.3 is 14.4 Å². The molecule has 1 unspecified atom stereocenters. The standard InChI is InChI=1S/C11H17N5O2/c1-5-16(7-8(2)6-12)9-13-10(17-3)15-11(14-9)18-4/h8H,5,7H2,1-4H3. The minimum absolute atomic E-state index is 0.112. The molecule has 0 aromatic carbocycles. The molecule has 1 aromatic heterocycles. The Balaban J connectivity index is 3.01. The van der Waals surface area contributed by atoms with E-state index in [2.05, 4.69) is 21.0 Å². The van der Waals surface area contributed by atoms with E-state index >= 15 is 0 Å². The number of hydrogen-bond acceptors (Lipinski definition) is 7. The van der Waals surface area contributed by atoms with Gasteiger partial charge in [-0.1, -0.05) is 0 Å². The molecule has 0 spiro atoms. The zero-order valence-electron chi connectivity index (χ0n) is 11.0. The summed E-state index contributed by atoms with van der Waals surface area (Å²) in [6.45, 7) is 5.04. The van der Waals surface area contributed by atoms with Crippen LogP contribution in [0.5, 0.6) is 12.0 Å². The van der Waals surface area contributed by atoms with E-state index in [1.165, 1.54) is 14.2 Å². The second kappa shape index (κ2) is 6.59. The zero-order valence-corrected chi connectivity index (χ0v) is 11.0. The molecular weight excluding hydrogens is 234 g/mol. The van der Waals surface area contributed by atoms with Gasteiger partial charge in [-0.2, -0.15) is 15.2 Å². The first-order valence-electron chi connectivity index (χ1n) is 5.63. The minimum atomic E-state index is -0.112. The van der Waals surface area contributed by atoms with E-state index in [9.17, 15) is 0 Å². The van der Waals surface area contributed by atoms with E-state index < -0.39 is 0 Å². The Kier molecular flexibility index (Phi) is 5.11. The van der Waals surface area contributed by atoms with Crippen LogP contribution < -0.4 is 14.4 Å². The Labute approximate surface area is 106 Å². The second-order valence-electron chi connectivity index (χ2n) is 3.68. The predicted molar refractivity (Wildman–Crippen MR) is 65.6 cm³/mol. The third-order valence-corrected chi connectivity index (χ3v) is 2.33. The monoisotopic (exact) mass is 251 g/mol. The fourth-order valence-electron chi connectivity index (χ4n) is 1.38. The number of anilines is 1. The Morgan fingerprint density at radius 3 is 2.17 bits per heavy atom. The van der Waals surface area contributed by atoms with Crippen LogP contribution in [0.3, 0.4) is 0 Å². The number of methoxy groups -OCH3 is 2. The van der Waals surface area contributed by atoms with E-state index in [4.69, 9.17) is 14.7 Å². The van der Waals surface area contributed by atoms with Crippen LogP contribution in [-0.2, 0) is 0 Å². The average Bonchev–Trinajstić information content (AvgIpc) is 2.43. The average molecular weight is 251 g/mol. The van der Waals surface area contributed by atoms with Gasteiger partial charge in [0, 0.05) is 13.1 Å². The Morgan fingerprint density at radius 1 is 1.22 bits per heavy atom. The van der Waals surface area contributed by atoms with Gasteiger partial charge in [-0.05, 0) is 13.8 Å². The summed E-state index contributed by atoms with van der Waals surface area (Å²) in [5.74, 6) is 0.335. The number of aromatic nitrogens is 3. The predicted octanol–water partition coefficient (Wildman–Crippen LogP) is 0.875. The highest BCUT2D eigenvalue weighted by molar-refractivity contribution is 5.32. The van der Waals surface area contributed by atoms with Crippen molar-refractivity contribution in [3.8, 4) is 18.1 Å². The Morgan fingerprint density at radius 2 is 1.78 bits per heavy atom. The summed E-state index contributed by atoms with van der Waals surface area (Å²) in [6, 6.07) is 2.57. The van der Waals surface area contributed by atoms with Gasteiger partial charge in [0.25, 0.3) is 0 Å². The summed E-state index contributed by atoms with van der Waals surface area (Å²) in [7, 11) is 2.96. The molecule has 1 heterocycles. The number of nitrogens with zero attached hydrogens (tertiary/aromatic N) is 5. The van der Waals surface area contributed by atoms with Crippen LogP contribution in [0, 0.1) is 17.2 Å². The second-order valence-corrected chi connectivity index (χ2v) is 3.68. The van der Waals surface area contributed by atoms with E-state index in [0.29, 0.717) is 19.0 Å². The number of nitriles is 1. The first-order chi connectivity index (χ1) is 8.64. The molecule has 0 aliphatic heterocycles. The summed E-state index contributed by atoms with van der Waals surface area (Å²) in [4.78, 5) is 14.1. The van der Waals surface area contributed by atoms with Crippen molar-refractivity contribution >= 4 is 5.95 Å². The molecule has 0 saturated heterocycles. The molecule has 7 nitrogen and oxygen atoms in total. The van der Waals surface area contributed by atoms with Gasteiger partial charge in [-0.25, -0.2) is 0 Å². The highest BCUT2D eigenvalue weighted by Gasteiger charge is 2.15. The van der Waals surface area contributed by atoms with Gasteiger partial charge in [-0.15, -0.1) is 4.98 Å². The van der Waals surface area contributed by atoms with E-state index in [1.54, 1.807) is 0 Å². The van der Waals surface area contributed by atoms with Gasteiger partial charge >= 0.3 is 12.0 Å². The third kappa shape index (κ3) is 3.45. The van der Waals surface area contributed by atoms with Crippen molar-refractivity contribution in [3.05, 3.63) is 0 Å². The van der Waals surface area contributed by atoms with Crippen molar-refractivity contribution in [3.63, 3.8) is 0 Å². The molecular formula is C11H17N5O2. The SMILES string of the molecule is CCN(CC(C)C#N)c1nc(OC)nc(OC)n1. The van der Waals surface area contributed by atoms with Crippen molar-refractivity contribution in [1.29, 1.82) is 5.26 Å². The van der Waals surface area contributed by atoms with Crippen molar-refractivity contribution in [2.24, 2.45) is 5.92 Å². The number of rotatable bonds is 6. The van der Waals surface area contributed by atoms with Crippen LogP contribution in [0.4, 0.5) is 5.95 Å². The highest BCUT2D eigenvalue weighted by Crippen LogP contribution is 2.16. The maximum Gasteiger partial charge on any atom is 0.324 e. The van der Waals surface area contributed by atoms with Crippen LogP contribution in [-0.4, -0.2) is 42.3 Å². The van der Waals surface area contributed by atoms with Crippen molar-refractivity contribution in [2.75, 3.05) is 32.2 Å². The molecule has 0 aliphatic carbocycles. The molecule has 0 fully saturated rings. The molecule has 0 N–H and O–H groups in total. The molecule has 0 amide bonds. The lowest BCUT2D eigenvalue weighted by atomic mass is 10.2. The van der Waals surface area contributed by atoms with E-state index in [-0.39, 0.29) is 17.9 Å². The summed E-state index contributed by atoms with van der Waals surface area (Å²) in [5, 5.41) is 8.85. The molecule has 0 bridgehead atoms. The molecule has 1 aromatic rings. The molecule has 0 saturated carbocycles. The van der Waals surface area contributed by atoms with Crippen LogP contribution in [0.1, 0.15) is 13.8 Å². The van der Waals surface area contributed by atoms with Gasteiger partial charge in [0.15, 0.2) is 0 Å². The first-order valence-corrected chi connectivity index (χ1v) is 5.63. The third-order valence-electron chi connectivity index (χ3n) is 2.33. The van der Waals surface area contributed by atoms with Crippen LogP contribution in [0.25, 0.3) is 0 Å². The zero-order chi connectivity index (χ0) is 13.5. The smallest absolute Gasteiger partial charge is 0.324 e. The van der Waals surface area contributed by atoms with E-state index in [0.717, 1.165) is 0 Å². The lowest BCUT2D eigenvalue weighted by molar-refractivity contribution is 0.339. The van der Waals surface area contributed by atoms with Crippen LogP contribution in [0.15, 0.2) is 0 Å². The molecule has 7 heteroatoms. The van der Waals surface area contributed by atoms with E-state index in [1.807, 2.05) is 18.7 Å². The van der Waals surface area contributed by atoms with Gasteiger partial charge in [0.05, 0.1) is 26.2 Å². The van der Waals surface area contributed by atoms with Gasteiger partial charge in [0.2, 0.25) is 5.95 Å². The quantitative estimate of drug-likeness (QED) is 0.741. The maximum atomic E-state index is 8.85. The lowest BCUT2D eigenvalue weighted by Crippen LogP contribution is -2.29. The van der Waals surface area contributed by atoms with Crippen molar-refractivity contribution in [2.45, 2.75) is 13.8 Å². The van der Waals surface area contributed by atoms with Gasteiger partial charge in [-0.3, -0.25) is 0 Å². The maximum absolute atomic E-state index is 8.85. The first kappa shape index (κ1) is 14.0. The summed E-state index contributed by atoms with van der Waals surface area (Å²) < 4.78 is 9.98. The number of hydrogen-bond donors (Lipinski definition) is 0. The molecule has 0 radical (unpaired) electrons. The lowest BCUT2D eigenvalue weighted by Gasteiger charge is -2.21. The fraction of sp³-hybridized carbons (Fsp3) is 0.636. The topological polar surface area (TPSA) is 84.2 Å². The molecule has 0 aliphatic rings. The normalized spacial score (nSPS) is 11.5. The number of ether oxygens (including phenoxy) is 2. The Bertz CT molecular complexity index is 410. The minimum Gasteiger partial charge on any atom is -0.467 e. The fourth-order valence-corrected chi connectivity index (χ4v) is 1.38. The molecule has 98 valence electrons. The van der Waals surface area contributed by atoms with Crippen LogP contribution >= 0.6 is 0 Å². The highest BCUT2D eigenvalue weighted by atomic mass is 16.5. The van der Waals surface area contributed by atoms with Crippen molar-refractivity contribution in [1.82, 2.24) is 15.0 Å². The Hall–Kier alpha value is -2.10. The molecule has 1 rings (SSSR count).